The Labute approximate surface area is 143 Å². The standard InChI is InChI=1S/C16H24ClN2OPS/c1-18-14-10-6-7-11-15(14)19(2)21(18,22)20-16(12-17)13-8-4-3-5-9-13/h3-5,8-9,14-16H,6-7,10-12H2,1-2H3/t14-,15-,16+/m1/s1. The highest BCUT2D eigenvalue weighted by atomic mass is 35.5. The second kappa shape index (κ2) is 6.88. The van der Waals surface area contributed by atoms with Crippen molar-refractivity contribution < 1.29 is 4.52 Å². The minimum Gasteiger partial charge on any atom is -0.317 e. The van der Waals surface area contributed by atoms with Crippen molar-refractivity contribution in [1.82, 2.24) is 9.34 Å². The molecular weight excluding hydrogens is 335 g/mol. The van der Waals surface area contributed by atoms with Gasteiger partial charge in [0.2, 0.25) is 6.57 Å². The molecule has 6 heteroatoms. The number of alkyl halides is 1. The predicted octanol–water partition coefficient (Wildman–Crippen LogP) is 4.40. The molecule has 1 aromatic carbocycles. The molecule has 2 fully saturated rings. The van der Waals surface area contributed by atoms with Gasteiger partial charge in [-0.1, -0.05) is 43.2 Å². The Morgan fingerprint density at radius 3 is 2.23 bits per heavy atom. The Kier molecular flexibility index (Phi) is 5.28. The minimum atomic E-state index is -2.18. The number of hydrogen-bond acceptors (Lipinski definition) is 2. The quantitative estimate of drug-likeness (QED) is 0.585. The monoisotopic (exact) mass is 358 g/mol. The molecule has 1 saturated heterocycles. The number of halogens is 1. The maximum atomic E-state index is 6.50. The Balaban J connectivity index is 1.84. The second-order valence-electron chi connectivity index (χ2n) is 6.22. The van der Waals surface area contributed by atoms with E-state index in [0.29, 0.717) is 18.0 Å². The zero-order valence-electron chi connectivity index (χ0n) is 13.2. The number of fused-ring (bicyclic) bond motifs is 1. The van der Waals surface area contributed by atoms with Gasteiger partial charge in [-0.05, 0) is 44.3 Å². The van der Waals surface area contributed by atoms with Crippen LogP contribution in [0.15, 0.2) is 30.3 Å². The Bertz CT molecular complexity index is 536. The fraction of sp³-hybridized carbons (Fsp3) is 0.625. The number of benzene rings is 1. The Hall–Kier alpha value is 0.0400. The molecule has 122 valence electrons. The van der Waals surface area contributed by atoms with E-state index in [-0.39, 0.29) is 6.10 Å². The van der Waals surface area contributed by atoms with Crippen LogP contribution in [0.4, 0.5) is 0 Å². The Morgan fingerprint density at radius 2 is 1.73 bits per heavy atom. The molecule has 0 N–H and O–H groups in total. The van der Waals surface area contributed by atoms with Crippen molar-refractivity contribution in [2.45, 2.75) is 43.9 Å². The first-order chi connectivity index (χ1) is 10.6. The van der Waals surface area contributed by atoms with E-state index in [4.69, 9.17) is 27.9 Å². The normalized spacial score (nSPS) is 30.1. The van der Waals surface area contributed by atoms with E-state index in [1.807, 2.05) is 18.2 Å². The van der Waals surface area contributed by atoms with Gasteiger partial charge in [-0.25, -0.2) is 9.34 Å². The van der Waals surface area contributed by atoms with Crippen LogP contribution in [-0.4, -0.2) is 41.4 Å². The van der Waals surface area contributed by atoms with Gasteiger partial charge in [-0.3, -0.25) is 0 Å². The van der Waals surface area contributed by atoms with Crippen molar-refractivity contribution in [3.05, 3.63) is 35.9 Å². The third-order valence-electron chi connectivity index (χ3n) is 5.03. The lowest BCUT2D eigenvalue weighted by atomic mass is 9.91. The van der Waals surface area contributed by atoms with Crippen LogP contribution >= 0.6 is 18.2 Å². The van der Waals surface area contributed by atoms with Gasteiger partial charge in [-0.15, -0.1) is 11.6 Å². The first-order valence-corrected chi connectivity index (χ1v) is 11.1. The number of hydrogen-bond donors (Lipinski definition) is 0. The van der Waals surface area contributed by atoms with E-state index >= 15 is 0 Å². The first-order valence-electron chi connectivity index (χ1n) is 7.94. The summed E-state index contributed by atoms with van der Waals surface area (Å²) in [5, 5.41) is 0. The molecule has 1 heterocycles. The summed E-state index contributed by atoms with van der Waals surface area (Å²) in [5.74, 6) is 0.430. The zero-order valence-corrected chi connectivity index (χ0v) is 15.7. The maximum absolute atomic E-state index is 6.50. The summed E-state index contributed by atoms with van der Waals surface area (Å²) in [5.41, 5.74) is 1.11. The summed E-state index contributed by atoms with van der Waals surface area (Å²) in [6, 6.07) is 11.3. The predicted molar refractivity (Wildman–Crippen MR) is 96.8 cm³/mol. The number of nitrogens with zero attached hydrogens (tertiary/aromatic N) is 2. The maximum Gasteiger partial charge on any atom is 0.204 e. The van der Waals surface area contributed by atoms with Gasteiger partial charge in [0.1, 0.15) is 6.10 Å². The summed E-state index contributed by atoms with van der Waals surface area (Å²) in [6.07, 6.45) is 4.91. The molecule has 0 radical (unpaired) electrons. The molecular formula is C16H24ClN2OPS. The van der Waals surface area contributed by atoms with Crippen LogP contribution < -0.4 is 0 Å². The van der Waals surface area contributed by atoms with Gasteiger partial charge in [0.05, 0.1) is 5.88 Å². The number of likely N-dealkylation sites (N-methyl/N-ethyl adjacent to an activating group) is 2. The highest BCUT2D eigenvalue weighted by molar-refractivity contribution is 8.10. The summed E-state index contributed by atoms with van der Waals surface area (Å²) in [6.45, 7) is -2.18. The smallest absolute Gasteiger partial charge is 0.204 e. The lowest BCUT2D eigenvalue weighted by Crippen LogP contribution is -2.37. The molecule has 22 heavy (non-hydrogen) atoms. The molecule has 0 aromatic heterocycles. The average Bonchev–Trinajstić information content (AvgIpc) is 2.76. The first kappa shape index (κ1) is 16.9. The van der Waals surface area contributed by atoms with E-state index < -0.39 is 6.57 Å². The molecule has 1 saturated carbocycles. The van der Waals surface area contributed by atoms with Crippen LogP contribution in [0.2, 0.25) is 0 Å². The molecule has 0 unspecified atom stereocenters. The van der Waals surface area contributed by atoms with Gasteiger partial charge >= 0.3 is 0 Å². The molecule has 3 atom stereocenters. The van der Waals surface area contributed by atoms with Crippen molar-refractivity contribution in [2.24, 2.45) is 0 Å². The lowest BCUT2D eigenvalue weighted by molar-refractivity contribution is 0.224. The van der Waals surface area contributed by atoms with Gasteiger partial charge in [0, 0.05) is 12.1 Å². The van der Waals surface area contributed by atoms with Gasteiger partial charge in [-0.2, -0.15) is 0 Å². The van der Waals surface area contributed by atoms with Crippen LogP contribution in [-0.2, 0) is 16.3 Å². The lowest BCUT2D eigenvalue weighted by Gasteiger charge is -2.33. The van der Waals surface area contributed by atoms with E-state index in [9.17, 15) is 0 Å². The highest BCUT2D eigenvalue weighted by Gasteiger charge is 2.50. The SMILES string of the molecule is CN1[C@@H]2CCCC[C@H]2N(C)P1(=S)O[C@@H](CCl)c1ccccc1. The fourth-order valence-electron chi connectivity index (χ4n) is 3.72. The molecule has 1 aliphatic heterocycles. The van der Waals surface area contributed by atoms with Crippen LogP contribution in [0.1, 0.15) is 37.4 Å². The van der Waals surface area contributed by atoms with Crippen LogP contribution in [0.25, 0.3) is 0 Å². The zero-order chi connectivity index (χ0) is 15.7. The van der Waals surface area contributed by atoms with Crippen molar-refractivity contribution in [3.63, 3.8) is 0 Å². The number of rotatable bonds is 4. The Morgan fingerprint density at radius 1 is 1.18 bits per heavy atom. The van der Waals surface area contributed by atoms with Crippen molar-refractivity contribution in [3.8, 4) is 0 Å². The molecule has 2 aliphatic rings. The molecule has 0 amide bonds. The van der Waals surface area contributed by atoms with Crippen LogP contribution in [0.3, 0.4) is 0 Å². The van der Waals surface area contributed by atoms with E-state index in [2.05, 4.69) is 35.6 Å². The summed E-state index contributed by atoms with van der Waals surface area (Å²) >= 11 is 12.3. The molecule has 3 nitrogen and oxygen atoms in total. The summed E-state index contributed by atoms with van der Waals surface area (Å²) in [7, 11) is 4.28. The average molecular weight is 359 g/mol. The van der Waals surface area contributed by atoms with E-state index in [1.54, 1.807) is 0 Å². The van der Waals surface area contributed by atoms with Crippen LogP contribution in [0, 0.1) is 0 Å². The fourth-order valence-corrected chi connectivity index (χ4v) is 7.65. The molecule has 1 aromatic rings. The third-order valence-corrected chi connectivity index (χ3v) is 9.83. The van der Waals surface area contributed by atoms with Crippen molar-refractivity contribution >= 4 is 30.0 Å². The molecule has 0 bridgehead atoms. The summed E-state index contributed by atoms with van der Waals surface area (Å²) < 4.78 is 11.2. The minimum absolute atomic E-state index is 0.140. The van der Waals surface area contributed by atoms with Gasteiger partial charge in [0.15, 0.2) is 0 Å². The third kappa shape index (κ3) is 2.90. The van der Waals surface area contributed by atoms with Crippen LogP contribution in [0.5, 0.6) is 0 Å². The topological polar surface area (TPSA) is 15.7 Å². The molecule has 1 aliphatic carbocycles. The van der Waals surface area contributed by atoms with Crippen molar-refractivity contribution in [1.29, 1.82) is 0 Å². The largest absolute Gasteiger partial charge is 0.317 e. The van der Waals surface area contributed by atoms with Gasteiger partial charge in [0.25, 0.3) is 0 Å². The summed E-state index contributed by atoms with van der Waals surface area (Å²) in [4.78, 5) is 0. The van der Waals surface area contributed by atoms with Gasteiger partial charge < -0.3 is 4.52 Å². The van der Waals surface area contributed by atoms with Crippen molar-refractivity contribution in [2.75, 3.05) is 20.0 Å². The molecule has 0 spiro atoms. The highest BCUT2D eigenvalue weighted by Crippen LogP contribution is 2.64. The molecule has 3 rings (SSSR count). The van der Waals surface area contributed by atoms with E-state index in [0.717, 1.165) is 5.56 Å². The second-order valence-corrected chi connectivity index (χ2v) is 10.4. The van der Waals surface area contributed by atoms with E-state index in [1.165, 1.54) is 25.7 Å².